The van der Waals surface area contributed by atoms with E-state index in [1.165, 1.54) is 11.8 Å². The second kappa shape index (κ2) is 6.92. The number of carbonyl (C=O) groups is 2. The van der Waals surface area contributed by atoms with Gasteiger partial charge in [0.25, 0.3) is 0 Å². The van der Waals surface area contributed by atoms with Gasteiger partial charge in [-0.1, -0.05) is 18.2 Å². The number of hydrogen-bond donors (Lipinski definition) is 0. The lowest BCUT2D eigenvalue weighted by Gasteiger charge is -2.16. The van der Waals surface area contributed by atoms with Crippen molar-refractivity contribution in [2.75, 3.05) is 24.7 Å². The Balaban J connectivity index is 2.28. The number of benzene rings is 1. The van der Waals surface area contributed by atoms with Crippen molar-refractivity contribution in [3.8, 4) is 0 Å². The number of hydrogen-bond acceptors (Lipinski definition) is 5. The first-order valence-electron chi connectivity index (χ1n) is 7.08. The SMILES string of the molecule is CCOC(=O)C(=CN1CCc2ccccc21)C(=O)OCC. The van der Waals surface area contributed by atoms with Gasteiger partial charge in [0.15, 0.2) is 5.57 Å². The molecule has 0 spiro atoms. The molecule has 5 heteroatoms. The highest BCUT2D eigenvalue weighted by molar-refractivity contribution is 6.14. The van der Waals surface area contributed by atoms with Gasteiger partial charge in [0.05, 0.1) is 13.2 Å². The second-order valence-electron chi connectivity index (χ2n) is 4.56. The van der Waals surface area contributed by atoms with Gasteiger partial charge in [0, 0.05) is 18.4 Å². The number of nitrogens with zero attached hydrogens (tertiary/aromatic N) is 1. The van der Waals surface area contributed by atoms with Crippen LogP contribution in [0.1, 0.15) is 19.4 Å². The minimum Gasteiger partial charge on any atom is -0.462 e. The molecular formula is C16H19NO4. The molecule has 0 unspecified atom stereocenters. The summed E-state index contributed by atoms with van der Waals surface area (Å²) < 4.78 is 9.87. The molecule has 0 saturated heterocycles. The molecule has 0 bridgehead atoms. The summed E-state index contributed by atoms with van der Waals surface area (Å²) in [6.45, 7) is 4.55. The lowest BCUT2D eigenvalue weighted by Crippen LogP contribution is -2.23. The first kappa shape index (κ1) is 15.1. The predicted octanol–water partition coefficient (Wildman–Crippen LogP) is 2.06. The molecule has 5 nitrogen and oxygen atoms in total. The van der Waals surface area contributed by atoms with Gasteiger partial charge < -0.3 is 14.4 Å². The maximum atomic E-state index is 11.9. The largest absolute Gasteiger partial charge is 0.462 e. The maximum Gasteiger partial charge on any atom is 0.347 e. The average molecular weight is 289 g/mol. The van der Waals surface area contributed by atoms with Crippen molar-refractivity contribution in [1.82, 2.24) is 0 Å². The van der Waals surface area contributed by atoms with E-state index in [1.54, 1.807) is 13.8 Å². The third-order valence-electron chi connectivity index (χ3n) is 3.20. The molecule has 0 saturated carbocycles. The number of fused-ring (bicyclic) bond motifs is 1. The Hall–Kier alpha value is -2.30. The number of anilines is 1. The number of rotatable bonds is 5. The van der Waals surface area contributed by atoms with E-state index in [0.29, 0.717) is 0 Å². The molecule has 1 aliphatic heterocycles. The molecule has 1 heterocycles. The van der Waals surface area contributed by atoms with E-state index in [1.807, 2.05) is 29.2 Å². The van der Waals surface area contributed by atoms with Gasteiger partial charge in [-0.2, -0.15) is 0 Å². The fraction of sp³-hybridized carbons (Fsp3) is 0.375. The van der Waals surface area contributed by atoms with E-state index in [-0.39, 0.29) is 18.8 Å². The Morgan fingerprint density at radius 1 is 1.14 bits per heavy atom. The molecule has 0 N–H and O–H groups in total. The van der Waals surface area contributed by atoms with Crippen LogP contribution in [0.3, 0.4) is 0 Å². The third-order valence-corrected chi connectivity index (χ3v) is 3.20. The maximum absolute atomic E-state index is 11.9. The molecule has 0 radical (unpaired) electrons. The molecule has 1 aromatic rings. The number of ether oxygens (including phenoxy) is 2. The monoisotopic (exact) mass is 289 g/mol. The molecule has 0 aliphatic carbocycles. The Bertz CT molecular complexity index is 545. The third kappa shape index (κ3) is 3.42. The van der Waals surface area contributed by atoms with Crippen LogP contribution in [0.15, 0.2) is 36.0 Å². The molecule has 0 fully saturated rings. The summed E-state index contributed by atoms with van der Waals surface area (Å²) in [7, 11) is 0. The summed E-state index contributed by atoms with van der Waals surface area (Å²) in [4.78, 5) is 25.8. The van der Waals surface area contributed by atoms with Crippen molar-refractivity contribution in [1.29, 1.82) is 0 Å². The first-order chi connectivity index (χ1) is 10.2. The Morgan fingerprint density at radius 3 is 2.38 bits per heavy atom. The Kier molecular flexibility index (Phi) is 4.98. The van der Waals surface area contributed by atoms with E-state index in [0.717, 1.165) is 18.7 Å². The van der Waals surface area contributed by atoms with Crippen molar-refractivity contribution >= 4 is 17.6 Å². The lowest BCUT2D eigenvalue weighted by molar-refractivity contribution is -0.146. The molecule has 0 amide bonds. The number of carbonyl (C=O) groups excluding carboxylic acids is 2. The molecule has 21 heavy (non-hydrogen) atoms. The number of para-hydroxylation sites is 1. The zero-order valence-electron chi connectivity index (χ0n) is 12.3. The molecule has 1 aliphatic rings. The summed E-state index contributed by atoms with van der Waals surface area (Å²) in [5.41, 5.74) is 2.12. The summed E-state index contributed by atoms with van der Waals surface area (Å²) >= 11 is 0. The van der Waals surface area contributed by atoms with E-state index >= 15 is 0 Å². The van der Waals surface area contributed by atoms with Crippen LogP contribution in [-0.4, -0.2) is 31.7 Å². The van der Waals surface area contributed by atoms with Gasteiger partial charge in [0.1, 0.15) is 0 Å². The topological polar surface area (TPSA) is 55.8 Å². The van der Waals surface area contributed by atoms with Crippen molar-refractivity contribution in [2.45, 2.75) is 20.3 Å². The fourth-order valence-electron chi connectivity index (χ4n) is 2.26. The Morgan fingerprint density at radius 2 is 1.76 bits per heavy atom. The van der Waals surface area contributed by atoms with Crippen LogP contribution >= 0.6 is 0 Å². The van der Waals surface area contributed by atoms with Crippen molar-refractivity contribution in [2.24, 2.45) is 0 Å². The van der Waals surface area contributed by atoms with Gasteiger partial charge >= 0.3 is 11.9 Å². The van der Waals surface area contributed by atoms with E-state index in [4.69, 9.17) is 9.47 Å². The molecule has 2 rings (SSSR count). The highest BCUT2D eigenvalue weighted by Crippen LogP contribution is 2.28. The summed E-state index contributed by atoms with van der Waals surface area (Å²) in [5.74, 6) is -1.30. The standard InChI is InChI=1S/C16H19NO4/c1-3-20-15(18)13(16(19)21-4-2)11-17-10-9-12-7-5-6-8-14(12)17/h5-8,11H,3-4,9-10H2,1-2H3. The van der Waals surface area contributed by atoms with E-state index in [2.05, 4.69) is 0 Å². The van der Waals surface area contributed by atoms with Gasteiger partial charge in [-0.05, 0) is 31.9 Å². The quantitative estimate of drug-likeness (QED) is 0.359. The molecule has 112 valence electrons. The van der Waals surface area contributed by atoms with Gasteiger partial charge in [-0.15, -0.1) is 0 Å². The van der Waals surface area contributed by atoms with Crippen LogP contribution in [0.2, 0.25) is 0 Å². The van der Waals surface area contributed by atoms with Crippen LogP contribution in [-0.2, 0) is 25.5 Å². The highest BCUT2D eigenvalue weighted by Gasteiger charge is 2.25. The molecule has 0 atom stereocenters. The normalized spacial score (nSPS) is 12.6. The van der Waals surface area contributed by atoms with E-state index in [9.17, 15) is 9.59 Å². The molecule has 1 aromatic carbocycles. The number of esters is 2. The van der Waals surface area contributed by atoms with Crippen molar-refractivity contribution in [3.63, 3.8) is 0 Å². The lowest BCUT2D eigenvalue weighted by atomic mass is 10.2. The highest BCUT2D eigenvalue weighted by atomic mass is 16.6. The van der Waals surface area contributed by atoms with E-state index < -0.39 is 11.9 Å². The summed E-state index contributed by atoms with van der Waals surface area (Å²) in [6.07, 6.45) is 2.41. The first-order valence-corrected chi connectivity index (χ1v) is 7.08. The second-order valence-corrected chi connectivity index (χ2v) is 4.56. The average Bonchev–Trinajstić information content (AvgIpc) is 2.88. The predicted molar refractivity (Wildman–Crippen MR) is 78.8 cm³/mol. The zero-order valence-corrected chi connectivity index (χ0v) is 12.3. The fourth-order valence-corrected chi connectivity index (χ4v) is 2.26. The summed E-state index contributed by atoms with van der Waals surface area (Å²) in [6, 6.07) is 7.91. The Labute approximate surface area is 124 Å². The molecular weight excluding hydrogens is 270 g/mol. The van der Waals surface area contributed by atoms with Crippen LogP contribution < -0.4 is 4.90 Å². The zero-order chi connectivity index (χ0) is 15.2. The van der Waals surface area contributed by atoms with Gasteiger partial charge in [0.2, 0.25) is 0 Å². The van der Waals surface area contributed by atoms with Crippen molar-refractivity contribution < 1.29 is 19.1 Å². The van der Waals surface area contributed by atoms with Crippen LogP contribution in [0.25, 0.3) is 0 Å². The van der Waals surface area contributed by atoms with Crippen LogP contribution in [0.5, 0.6) is 0 Å². The van der Waals surface area contributed by atoms with Crippen LogP contribution in [0.4, 0.5) is 5.69 Å². The van der Waals surface area contributed by atoms with Crippen LogP contribution in [0, 0.1) is 0 Å². The minimum atomic E-state index is -0.652. The van der Waals surface area contributed by atoms with Crippen molar-refractivity contribution in [3.05, 3.63) is 41.6 Å². The van der Waals surface area contributed by atoms with Gasteiger partial charge in [-0.25, -0.2) is 9.59 Å². The van der Waals surface area contributed by atoms with Gasteiger partial charge in [-0.3, -0.25) is 0 Å². The molecule has 0 aromatic heterocycles. The summed E-state index contributed by atoms with van der Waals surface area (Å²) in [5, 5.41) is 0. The minimum absolute atomic E-state index is 0.0737. The smallest absolute Gasteiger partial charge is 0.347 e.